The molecule has 0 saturated heterocycles. The lowest BCUT2D eigenvalue weighted by atomic mass is 10.3. The first-order valence-electron chi connectivity index (χ1n) is 5.32. The van der Waals surface area contributed by atoms with Gasteiger partial charge >= 0.3 is 0 Å². The fourth-order valence-electron chi connectivity index (χ4n) is 1.51. The Morgan fingerprint density at radius 2 is 1.80 bits per heavy atom. The molecule has 0 fully saturated rings. The number of hydrogen-bond donors (Lipinski definition) is 2. The smallest absolute Gasteiger partial charge is 0.241 e. The van der Waals surface area contributed by atoms with Gasteiger partial charge in [0.05, 0.1) is 5.02 Å². The van der Waals surface area contributed by atoms with Crippen molar-refractivity contribution < 1.29 is 13.2 Å². The zero-order valence-electron chi connectivity index (χ0n) is 10.0. The lowest BCUT2D eigenvalue weighted by Crippen LogP contribution is -2.13. The topological polar surface area (TPSA) is 95.4 Å². The summed E-state index contributed by atoms with van der Waals surface area (Å²) < 4.78 is 29.4. The third kappa shape index (κ3) is 3.43. The van der Waals surface area contributed by atoms with Crippen LogP contribution in [0.1, 0.15) is 0 Å². The monoisotopic (exact) mass is 376 g/mol. The molecule has 0 radical (unpaired) electrons. The van der Waals surface area contributed by atoms with Gasteiger partial charge in [0.2, 0.25) is 10.0 Å². The Kier molecular flexibility index (Phi) is 4.24. The molecule has 106 valence electrons. The number of anilines is 1. The van der Waals surface area contributed by atoms with Crippen molar-refractivity contribution >= 4 is 43.2 Å². The highest BCUT2D eigenvalue weighted by atomic mass is 79.9. The molecule has 0 unspecified atom stereocenters. The van der Waals surface area contributed by atoms with E-state index < -0.39 is 10.0 Å². The molecule has 0 saturated carbocycles. The number of halogens is 2. The number of nitrogens with two attached hydrogens (primary N) is 2. The number of ether oxygens (including phenoxy) is 1. The summed E-state index contributed by atoms with van der Waals surface area (Å²) in [5.74, 6) is 0.359. The molecule has 5 nitrogen and oxygen atoms in total. The normalized spacial score (nSPS) is 11.3. The first-order valence-corrected chi connectivity index (χ1v) is 8.04. The minimum atomic E-state index is -3.96. The molecule has 0 amide bonds. The summed E-state index contributed by atoms with van der Waals surface area (Å²) in [6.45, 7) is 0. The van der Waals surface area contributed by atoms with E-state index in [0.29, 0.717) is 10.8 Å². The molecule has 0 atom stereocenters. The zero-order valence-corrected chi connectivity index (χ0v) is 13.2. The van der Waals surface area contributed by atoms with Gasteiger partial charge in [-0.15, -0.1) is 0 Å². The highest BCUT2D eigenvalue weighted by molar-refractivity contribution is 9.10. The standard InChI is InChI=1S/C12H10BrClN2O3S/c13-7-1-3-9(14)11(5-7)19-10-4-2-8(15)6-12(10)20(16,17)18/h1-6H,15H2,(H2,16,17,18). The fraction of sp³-hybridized carbons (Fsp3) is 0. The van der Waals surface area contributed by atoms with E-state index in [2.05, 4.69) is 15.9 Å². The van der Waals surface area contributed by atoms with Gasteiger partial charge in [0, 0.05) is 10.2 Å². The average molecular weight is 378 g/mol. The summed E-state index contributed by atoms with van der Waals surface area (Å²) in [6, 6.07) is 9.14. The number of primary sulfonamides is 1. The second-order valence-corrected chi connectivity index (χ2v) is 6.78. The van der Waals surface area contributed by atoms with E-state index in [1.807, 2.05) is 0 Å². The Bertz CT molecular complexity index is 765. The van der Waals surface area contributed by atoms with Crippen LogP contribution < -0.4 is 15.6 Å². The van der Waals surface area contributed by atoms with Gasteiger partial charge in [0.15, 0.2) is 0 Å². The minimum Gasteiger partial charge on any atom is -0.454 e. The van der Waals surface area contributed by atoms with E-state index in [-0.39, 0.29) is 16.3 Å². The summed E-state index contributed by atoms with van der Waals surface area (Å²) in [7, 11) is -3.96. The highest BCUT2D eigenvalue weighted by Gasteiger charge is 2.17. The predicted molar refractivity (Wildman–Crippen MR) is 81.5 cm³/mol. The Labute approximate surface area is 129 Å². The van der Waals surface area contributed by atoms with Gasteiger partial charge in [-0.1, -0.05) is 27.5 Å². The van der Waals surface area contributed by atoms with Crippen LogP contribution in [0.2, 0.25) is 5.02 Å². The molecule has 0 heterocycles. The van der Waals surface area contributed by atoms with Crippen molar-refractivity contribution in [2.24, 2.45) is 5.14 Å². The van der Waals surface area contributed by atoms with E-state index in [9.17, 15) is 8.42 Å². The van der Waals surface area contributed by atoms with Crippen LogP contribution in [-0.4, -0.2) is 8.42 Å². The lowest BCUT2D eigenvalue weighted by molar-refractivity contribution is 0.467. The van der Waals surface area contributed by atoms with Crippen molar-refractivity contribution in [2.75, 3.05) is 5.73 Å². The third-order valence-electron chi connectivity index (χ3n) is 2.39. The van der Waals surface area contributed by atoms with E-state index in [1.54, 1.807) is 18.2 Å². The van der Waals surface area contributed by atoms with Crippen molar-refractivity contribution in [3.8, 4) is 11.5 Å². The molecule has 0 bridgehead atoms. The van der Waals surface area contributed by atoms with Crippen LogP contribution in [0.4, 0.5) is 5.69 Å². The largest absolute Gasteiger partial charge is 0.454 e. The molecule has 0 aliphatic heterocycles. The number of sulfonamides is 1. The summed E-state index contributed by atoms with van der Waals surface area (Å²) in [5, 5.41) is 5.48. The summed E-state index contributed by atoms with van der Waals surface area (Å²) in [5.41, 5.74) is 5.83. The van der Waals surface area contributed by atoms with Crippen LogP contribution >= 0.6 is 27.5 Å². The van der Waals surface area contributed by atoms with Crippen LogP contribution in [0.3, 0.4) is 0 Å². The van der Waals surface area contributed by atoms with E-state index in [0.717, 1.165) is 4.47 Å². The van der Waals surface area contributed by atoms with Crippen LogP contribution in [-0.2, 0) is 10.0 Å². The highest BCUT2D eigenvalue weighted by Crippen LogP contribution is 2.35. The van der Waals surface area contributed by atoms with Gasteiger partial charge in [-0.05, 0) is 36.4 Å². The number of nitrogen functional groups attached to an aromatic ring is 1. The lowest BCUT2D eigenvalue weighted by Gasteiger charge is -2.12. The van der Waals surface area contributed by atoms with Gasteiger partial charge in [-0.25, -0.2) is 13.6 Å². The molecule has 0 aliphatic rings. The van der Waals surface area contributed by atoms with Gasteiger partial charge in [0.25, 0.3) is 0 Å². The molecular weight excluding hydrogens is 368 g/mol. The molecule has 0 aliphatic carbocycles. The molecule has 0 aromatic heterocycles. The van der Waals surface area contributed by atoms with E-state index in [1.165, 1.54) is 18.2 Å². The quantitative estimate of drug-likeness (QED) is 0.803. The number of hydrogen-bond acceptors (Lipinski definition) is 4. The summed E-state index contributed by atoms with van der Waals surface area (Å²) in [4.78, 5) is -0.200. The fourth-order valence-corrected chi connectivity index (χ4v) is 2.69. The van der Waals surface area contributed by atoms with Gasteiger partial charge in [-0.2, -0.15) is 0 Å². The van der Waals surface area contributed by atoms with Gasteiger partial charge < -0.3 is 10.5 Å². The Morgan fingerprint density at radius 3 is 2.45 bits per heavy atom. The molecule has 8 heteroatoms. The van der Waals surface area contributed by atoms with Crippen LogP contribution in [0.15, 0.2) is 45.8 Å². The third-order valence-corrected chi connectivity index (χ3v) is 4.13. The van der Waals surface area contributed by atoms with Crippen molar-refractivity contribution in [2.45, 2.75) is 4.90 Å². The Hall–Kier alpha value is -1.28. The van der Waals surface area contributed by atoms with Crippen molar-refractivity contribution in [1.29, 1.82) is 0 Å². The predicted octanol–water partition coefficient (Wildman–Crippen LogP) is 3.12. The maximum Gasteiger partial charge on any atom is 0.241 e. The Morgan fingerprint density at radius 1 is 1.10 bits per heavy atom. The van der Waals surface area contributed by atoms with Crippen LogP contribution in [0, 0.1) is 0 Å². The molecule has 2 aromatic rings. The maximum absolute atomic E-state index is 11.5. The van der Waals surface area contributed by atoms with E-state index in [4.69, 9.17) is 27.2 Å². The summed E-state index contributed by atoms with van der Waals surface area (Å²) in [6.07, 6.45) is 0. The first-order chi connectivity index (χ1) is 9.27. The van der Waals surface area contributed by atoms with Crippen LogP contribution in [0.5, 0.6) is 11.5 Å². The second-order valence-electron chi connectivity index (χ2n) is 3.93. The van der Waals surface area contributed by atoms with Crippen molar-refractivity contribution in [1.82, 2.24) is 0 Å². The molecule has 2 aromatic carbocycles. The minimum absolute atomic E-state index is 0.0571. The van der Waals surface area contributed by atoms with Gasteiger partial charge in [0.1, 0.15) is 16.4 Å². The first kappa shape index (κ1) is 15.1. The maximum atomic E-state index is 11.5. The average Bonchev–Trinajstić information content (AvgIpc) is 2.34. The molecular formula is C12H10BrClN2O3S. The zero-order chi connectivity index (χ0) is 14.9. The Balaban J connectivity index is 2.52. The summed E-state index contributed by atoms with van der Waals surface area (Å²) >= 11 is 9.27. The van der Waals surface area contributed by atoms with E-state index >= 15 is 0 Å². The molecule has 4 N–H and O–H groups in total. The van der Waals surface area contributed by atoms with Crippen molar-refractivity contribution in [3.05, 3.63) is 45.9 Å². The number of rotatable bonds is 3. The molecule has 2 rings (SSSR count). The van der Waals surface area contributed by atoms with Crippen LogP contribution in [0.25, 0.3) is 0 Å². The molecule has 0 spiro atoms. The van der Waals surface area contributed by atoms with Crippen molar-refractivity contribution in [3.63, 3.8) is 0 Å². The molecule has 20 heavy (non-hydrogen) atoms. The van der Waals surface area contributed by atoms with Gasteiger partial charge in [-0.3, -0.25) is 0 Å². The number of benzene rings is 2. The second kappa shape index (κ2) is 5.61. The SMILES string of the molecule is Nc1ccc(Oc2cc(Br)ccc2Cl)c(S(N)(=O)=O)c1.